The Bertz CT molecular complexity index is 940. The zero-order chi connectivity index (χ0) is 19.2. The number of anilines is 1. The number of carbonyl (C=O) groups is 2. The Morgan fingerprint density at radius 2 is 2.04 bits per heavy atom. The first-order valence-electron chi connectivity index (χ1n) is 7.83. The van der Waals surface area contributed by atoms with Crippen molar-refractivity contribution in [1.82, 2.24) is 10.2 Å². The number of nitrogens with one attached hydrogen (secondary N) is 1. The molecule has 0 fully saturated rings. The second-order valence-electron chi connectivity index (χ2n) is 5.10. The number of esters is 1. The summed E-state index contributed by atoms with van der Waals surface area (Å²) in [5.41, 5.74) is 0.898. The molecule has 0 bridgehead atoms. The van der Waals surface area contributed by atoms with Crippen LogP contribution in [-0.2, 0) is 9.53 Å². The van der Waals surface area contributed by atoms with Crippen LogP contribution in [0.1, 0.15) is 17.3 Å². The molecular formula is C17H14FN3O4S2. The van der Waals surface area contributed by atoms with Gasteiger partial charge < -0.3 is 14.5 Å². The van der Waals surface area contributed by atoms with E-state index in [-0.39, 0.29) is 35.2 Å². The summed E-state index contributed by atoms with van der Waals surface area (Å²) in [5, 5.41) is 12.7. The summed E-state index contributed by atoms with van der Waals surface area (Å²) in [6.45, 7) is 1.97. The number of benzene rings is 1. The number of hydrogen-bond donors (Lipinski definition) is 1. The van der Waals surface area contributed by atoms with Crippen LogP contribution in [0, 0.1) is 5.82 Å². The fourth-order valence-electron chi connectivity index (χ4n) is 2.04. The summed E-state index contributed by atoms with van der Waals surface area (Å²) >= 11 is 2.29. The number of rotatable bonds is 7. The smallest absolute Gasteiger partial charge is 0.341 e. The summed E-state index contributed by atoms with van der Waals surface area (Å²) < 4.78 is 23.4. The second-order valence-corrected chi connectivity index (χ2v) is 6.94. The molecule has 0 spiro atoms. The molecule has 1 amide bonds. The molecule has 2 heterocycles. The van der Waals surface area contributed by atoms with Crippen molar-refractivity contribution in [3.63, 3.8) is 0 Å². The van der Waals surface area contributed by atoms with Crippen LogP contribution < -0.4 is 5.32 Å². The molecule has 10 heteroatoms. The molecule has 1 N–H and O–H groups in total. The Morgan fingerprint density at radius 3 is 2.78 bits per heavy atom. The number of ether oxygens (including phenoxy) is 1. The Balaban J connectivity index is 1.57. The largest absolute Gasteiger partial charge is 0.462 e. The van der Waals surface area contributed by atoms with E-state index in [9.17, 15) is 14.0 Å². The lowest BCUT2D eigenvalue weighted by Gasteiger charge is -2.05. The minimum Gasteiger partial charge on any atom is -0.462 e. The van der Waals surface area contributed by atoms with Crippen LogP contribution in [0.5, 0.6) is 0 Å². The van der Waals surface area contributed by atoms with E-state index in [2.05, 4.69) is 15.5 Å². The molecule has 0 atom stereocenters. The van der Waals surface area contributed by atoms with Gasteiger partial charge in [0.2, 0.25) is 11.8 Å². The first-order valence-corrected chi connectivity index (χ1v) is 9.70. The van der Waals surface area contributed by atoms with E-state index in [0.29, 0.717) is 16.1 Å². The first kappa shape index (κ1) is 19.1. The van der Waals surface area contributed by atoms with Gasteiger partial charge in [-0.25, -0.2) is 9.18 Å². The SMILES string of the molecule is CCOC(=O)c1ccsc1NC(=O)CSc1nnc(-c2ccc(F)cc2)o1. The third-order valence-corrected chi connectivity index (χ3v) is 4.89. The minimum atomic E-state index is -0.484. The lowest BCUT2D eigenvalue weighted by atomic mass is 10.2. The third kappa shape index (κ3) is 4.92. The lowest BCUT2D eigenvalue weighted by Crippen LogP contribution is -2.15. The normalized spacial score (nSPS) is 10.6. The van der Waals surface area contributed by atoms with Crippen molar-refractivity contribution in [2.75, 3.05) is 17.7 Å². The summed E-state index contributed by atoms with van der Waals surface area (Å²) in [5.74, 6) is -0.913. The van der Waals surface area contributed by atoms with Crippen molar-refractivity contribution < 1.29 is 23.1 Å². The van der Waals surface area contributed by atoms with E-state index in [1.54, 1.807) is 18.4 Å². The van der Waals surface area contributed by atoms with Crippen LogP contribution in [0.4, 0.5) is 9.39 Å². The highest BCUT2D eigenvalue weighted by molar-refractivity contribution is 7.99. The fraction of sp³-hybridized carbons (Fsp3) is 0.176. The van der Waals surface area contributed by atoms with Crippen molar-refractivity contribution in [3.8, 4) is 11.5 Å². The lowest BCUT2D eigenvalue weighted by molar-refractivity contribution is -0.113. The van der Waals surface area contributed by atoms with E-state index < -0.39 is 5.97 Å². The van der Waals surface area contributed by atoms with Gasteiger partial charge in [-0.3, -0.25) is 4.79 Å². The van der Waals surface area contributed by atoms with Gasteiger partial charge in [-0.1, -0.05) is 11.8 Å². The van der Waals surface area contributed by atoms with Crippen LogP contribution in [0.25, 0.3) is 11.5 Å². The van der Waals surface area contributed by atoms with Crippen LogP contribution in [0.3, 0.4) is 0 Å². The Hall–Kier alpha value is -2.72. The number of thiophene rings is 1. The number of hydrogen-bond acceptors (Lipinski definition) is 8. The maximum atomic E-state index is 13.0. The molecule has 0 aliphatic rings. The highest BCUT2D eigenvalue weighted by Gasteiger charge is 2.17. The van der Waals surface area contributed by atoms with E-state index in [1.165, 1.54) is 35.6 Å². The summed E-state index contributed by atoms with van der Waals surface area (Å²) in [7, 11) is 0. The molecular weight excluding hydrogens is 393 g/mol. The zero-order valence-electron chi connectivity index (χ0n) is 14.1. The van der Waals surface area contributed by atoms with Crippen molar-refractivity contribution in [3.05, 3.63) is 47.1 Å². The predicted molar refractivity (Wildman–Crippen MR) is 99.3 cm³/mol. The molecule has 3 aromatic rings. The topological polar surface area (TPSA) is 94.3 Å². The summed E-state index contributed by atoms with van der Waals surface area (Å²) in [6.07, 6.45) is 0. The van der Waals surface area contributed by atoms with Crippen molar-refractivity contribution in [2.45, 2.75) is 12.1 Å². The van der Waals surface area contributed by atoms with E-state index >= 15 is 0 Å². The Labute approximate surface area is 161 Å². The maximum Gasteiger partial charge on any atom is 0.341 e. The Kier molecular flexibility index (Phi) is 6.20. The highest BCUT2D eigenvalue weighted by Crippen LogP contribution is 2.26. The summed E-state index contributed by atoms with van der Waals surface area (Å²) in [6, 6.07) is 7.23. The minimum absolute atomic E-state index is 0.0191. The number of halogens is 1. The fourth-order valence-corrected chi connectivity index (χ4v) is 3.40. The number of amides is 1. The van der Waals surface area contributed by atoms with Gasteiger partial charge in [0.25, 0.3) is 5.22 Å². The first-order chi connectivity index (χ1) is 13.1. The van der Waals surface area contributed by atoms with Crippen molar-refractivity contribution in [1.29, 1.82) is 0 Å². The van der Waals surface area contributed by atoms with E-state index in [0.717, 1.165) is 11.8 Å². The molecule has 0 unspecified atom stereocenters. The van der Waals surface area contributed by atoms with E-state index in [1.807, 2.05) is 0 Å². The standard InChI is InChI=1S/C17H14FN3O4S2/c1-2-24-16(23)12-7-8-26-15(12)19-13(22)9-27-17-21-20-14(25-17)10-3-5-11(18)6-4-10/h3-8H,2,9H2,1H3,(H,19,22). The van der Waals surface area contributed by atoms with Crippen molar-refractivity contribution in [2.24, 2.45) is 0 Å². The molecule has 140 valence electrons. The molecule has 0 saturated carbocycles. The molecule has 0 radical (unpaired) electrons. The molecule has 1 aromatic carbocycles. The van der Waals surface area contributed by atoms with Gasteiger partial charge in [-0.15, -0.1) is 21.5 Å². The monoisotopic (exact) mass is 407 g/mol. The average molecular weight is 407 g/mol. The maximum absolute atomic E-state index is 13.0. The van der Waals surface area contributed by atoms with Crippen LogP contribution >= 0.6 is 23.1 Å². The number of nitrogens with zero attached hydrogens (tertiary/aromatic N) is 2. The van der Waals surface area contributed by atoms with Crippen molar-refractivity contribution >= 4 is 40.0 Å². The van der Waals surface area contributed by atoms with Crippen LogP contribution in [0.15, 0.2) is 45.4 Å². The molecule has 2 aromatic heterocycles. The molecule has 7 nitrogen and oxygen atoms in total. The van der Waals surface area contributed by atoms with Gasteiger partial charge in [0.1, 0.15) is 10.8 Å². The number of thioether (sulfide) groups is 1. The van der Waals surface area contributed by atoms with Gasteiger partial charge in [0.15, 0.2) is 0 Å². The van der Waals surface area contributed by atoms with Gasteiger partial charge in [0.05, 0.1) is 17.9 Å². The average Bonchev–Trinajstić information content (AvgIpc) is 3.30. The quantitative estimate of drug-likeness (QED) is 0.470. The van der Waals surface area contributed by atoms with E-state index in [4.69, 9.17) is 9.15 Å². The van der Waals surface area contributed by atoms with Gasteiger partial charge >= 0.3 is 5.97 Å². The molecule has 27 heavy (non-hydrogen) atoms. The van der Waals surface area contributed by atoms with Gasteiger partial charge in [-0.05, 0) is 42.6 Å². The Morgan fingerprint density at radius 1 is 1.26 bits per heavy atom. The number of aromatic nitrogens is 2. The highest BCUT2D eigenvalue weighted by atomic mass is 32.2. The zero-order valence-corrected chi connectivity index (χ0v) is 15.7. The molecule has 0 aliphatic heterocycles. The van der Waals surface area contributed by atoms with Crippen LogP contribution in [-0.4, -0.2) is 34.4 Å². The molecule has 0 aliphatic carbocycles. The van der Waals surface area contributed by atoms with Crippen LogP contribution in [0.2, 0.25) is 0 Å². The summed E-state index contributed by atoms with van der Waals surface area (Å²) in [4.78, 5) is 23.9. The van der Waals surface area contributed by atoms with Gasteiger partial charge in [-0.2, -0.15) is 0 Å². The second kappa shape index (κ2) is 8.78. The third-order valence-electron chi connectivity index (χ3n) is 3.24. The number of carbonyl (C=O) groups excluding carboxylic acids is 2. The molecule has 0 saturated heterocycles. The molecule has 3 rings (SSSR count). The predicted octanol–water partition coefficient (Wildman–Crippen LogP) is 3.84. The van der Waals surface area contributed by atoms with Gasteiger partial charge in [0, 0.05) is 5.56 Å².